The Kier molecular flexibility index (Phi) is 6.48. The van der Waals surface area contributed by atoms with E-state index in [2.05, 4.69) is 14.8 Å². The Balaban J connectivity index is 1.86. The molecule has 0 atom stereocenters. The van der Waals surface area contributed by atoms with Crippen LogP contribution in [-0.2, 0) is 22.6 Å². The van der Waals surface area contributed by atoms with E-state index in [0.29, 0.717) is 0 Å². The highest BCUT2D eigenvalue weighted by Gasteiger charge is 2.25. The molecule has 2 aromatic carbocycles. The van der Waals surface area contributed by atoms with Crippen LogP contribution in [0.4, 0.5) is 11.4 Å². The van der Waals surface area contributed by atoms with Crippen LogP contribution in [0, 0.1) is 20.2 Å². The SMILES string of the molecule is COC(=O)c1nc(C(=O)OCc2ccccc2[N+](=O)[O-])nn1Cc1ccccc1[N+](=O)[O-]. The van der Waals surface area contributed by atoms with Crippen LogP contribution in [0.3, 0.4) is 0 Å². The molecular formula is C19H15N5O8. The summed E-state index contributed by atoms with van der Waals surface area (Å²) in [6.45, 7) is -0.672. The van der Waals surface area contributed by atoms with E-state index in [9.17, 15) is 29.8 Å². The van der Waals surface area contributed by atoms with E-state index in [0.717, 1.165) is 11.8 Å². The summed E-state index contributed by atoms with van der Waals surface area (Å²) in [5.41, 5.74) is -0.0736. The third-order valence-corrected chi connectivity index (χ3v) is 4.28. The molecule has 1 heterocycles. The normalized spacial score (nSPS) is 10.4. The first-order chi connectivity index (χ1) is 15.3. The van der Waals surface area contributed by atoms with Gasteiger partial charge in [-0.3, -0.25) is 20.2 Å². The summed E-state index contributed by atoms with van der Waals surface area (Å²) >= 11 is 0. The lowest BCUT2D eigenvalue weighted by atomic mass is 10.2. The van der Waals surface area contributed by atoms with Crippen LogP contribution in [-0.4, -0.2) is 43.7 Å². The predicted octanol–water partition coefficient (Wildman–Crippen LogP) is 2.29. The minimum Gasteiger partial charge on any atom is -0.463 e. The third kappa shape index (κ3) is 4.72. The van der Waals surface area contributed by atoms with Crippen molar-refractivity contribution < 1.29 is 28.9 Å². The molecule has 0 fully saturated rings. The highest BCUT2D eigenvalue weighted by Crippen LogP contribution is 2.20. The number of hydrogen-bond donors (Lipinski definition) is 0. The molecule has 0 saturated carbocycles. The smallest absolute Gasteiger partial charge is 0.378 e. The van der Waals surface area contributed by atoms with Gasteiger partial charge in [0, 0.05) is 12.1 Å². The number of carbonyl (C=O) groups is 2. The first-order valence-electron chi connectivity index (χ1n) is 8.96. The Bertz CT molecular complexity index is 1210. The Hall–Kier alpha value is -4.68. The zero-order chi connectivity index (χ0) is 23.3. The van der Waals surface area contributed by atoms with E-state index < -0.39 is 34.2 Å². The fraction of sp³-hybridized carbons (Fsp3) is 0.158. The highest BCUT2D eigenvalue weighted by molar-refractivity contribution is 5.89. The summed E-state index contributed by atoms with van der Waals surface area (Å²) in [7, 11) is 1.10. The number of esters is 2. The Labute approximate surface area is 179 Å². The average Bonchev–Trinajstić information content (AvgIpc) is 3.21. The maximum atomic E-state index is 12.4. The van der Waals surface area contributed by atoms with Gasteiger partial charge < -0.3 is 9.47 Å². The number of ether oxygens (including phenoxy) is 2. The van der Waals surface area contributed by atoms with Crippen LogP contribution < -0.4 is 0 Å². The van der Waals surface area contributed by atoms with Crippen LogP contribution in [0.25, 0.3) is 0 Å². The second-order valence-electron chi connectivity index (χ2n) is 6.26. The lowest BCUT2D eigenvalue weighted by molar-refractivity contribution is -0.385. The summed E-state index contributed by atoms with van der Waals surface area (Å²) in [5.74, 6) is -2.85. The Morgan fingerprint density at radius 1 is 0.938 bits per heavy atom. The van der Waals surface area contributed by atoms with E-state index in [4.69, 9.17) is 4.74 Å². The van der Waals surface area contributed by atoms with Gasteiger partial charge in [0.2, 0.25) is 5.82 Å². The summed E-state index contributed by atoms with van der Waals surface area (Å²) in [6.07, 6.45) is 0. The molecule has 0 amide bonds. The number of nitro benzene ring substituents is 2. The fourth-order valence-electron chi connectivity index (χ4n) is 2.78. The average molecular weight is 441 g/mol. The van der Waals surface area contributed by atoms with Crippen LogP contribution in [0.15, 0.2) is 48.5 Å². The molecule has 0 aliphatic carbocycles. The van der Waals surface area contributed by atoms with E-state index >= 15 is 0 Å². The number of nitrogens with zero attached hydrogens (tertiary/aromatic N) is 5. The monoisotopic (exact) mass is 441 g/mol. The molecule has 0 saturated heterocycles. The first kappa shape index (κ1) is 22.0. The zero-order valence-electron chi connectivity index (χ0n) is 16.5. The lowest BCUT2D eigenvalue weighted by Gasteiger charge is -2.05. The summed E-state index contributed by atoms with van der Waals surface area (Å²) < 4.78 is 10.7. The van der Waals surface area contributed by atoms with E-state index in [-0.39, 0.29) is 34.9 Å². The number of nitro groups is 2. The van der Waals surface area contributed by atoms with Gasteiger partial charge >= 0.3 is 11.9 Å². The van der Waals surface area contributed by atoms with Crippen molar-refractivity contribution in [2.24, 2.45) is 0 Å². The van der Waals surface area contributed by atoms with Crippen molar-refractivity contribution in [3.63, 3.8) is 0 Å². The van der Waals surface area contributed by atoms with Crippen molar-refractivity contribution in [3.05, 3.63) is 91.5 Å². The van der Waals surface area contributed by atoms with Crippen molar-refractivity contribution in [2.45, 2.75) is 13.2 Å². The second-order valence-corrected chi connectivity index (χ2v) is 6.26. The number of rotatable bonds is 8. The van der Waals surface area contributed by atoms with Crippen LogP contribution >= 0.6 is 0 Å². The fourth-order valence-corrected chi connectivity index (χ4v) is 2.78. The van der Waals surface area contributed by atoms with Crippen molar-refractivity contribution in [2.75, 3.05) is 7.11 Å². The minimum absolute atomic E-state index is 0.151. The molecule has 164 valence electrons. The summed E-state index contributed by atoms with van der Waals surface area (Å²) in [4.78, 5) is 49.4. The first-order valence-corrected chi connectivity index (χ1v) is 8.96. The number of hydrogen-bond acceptors (Lipinski definition) is 10. The van der Waals surface area contributed by atoms with Crippen molar-refractivity contribution in [1.82, 2.24) is 14.8 Å². The molecule has 13 heteroatoms. The molecule has 0 unspecified atom stereocenters. The summed E-state index contributed by atoms with van der Waals surface area (Å²) in [5, 5.41) is 26.2. The van der Waals surface area contributed by atoms with Gasteiger partial charge in [0.05, 0.1) is 34.6 Å². The van der Waals surface area contributed by atoms with Gasteiger partial charge in [-0.25, -0.2) is 14.3 Å². The van der Waals surface area contributed by atoms with Crippen molar-refractivity contribution in [1.29, 1.82) is 0 Å². The van der Waals surface area contributed by atoms with Gasteiger partial charge in [-0.15, -0.1) is 5.10 Å². The zero-order valence-corrected chi connectivity index (χ0v) is 16.5. The van der Waals surface area contributed by atoms with Gasteiger partial charge in [-0.2, -0.15) is 4.98 Å². The molecule has 3 aromatic rings. The van der Waals surface area contributed by atoms with E-state index in [1.807, 2.05) is 0 Å². The third-order valence-electron chi connectivity index (χ3n) is 4.28. The number of benzene rings is 2. The predicted molar refractivity (Wildman–Crippen MR) is 106 cm³/mol. The van der Waals surface area contributed by atoms with Gasteiger partial charge in [-0.05, 0) is 6.07 Å². The van der Waals surface area contributed by atoms with Crippen molar-refractivity contribution >= 4 is 23.3 Å². The maximum absolute atomic E-state index is 12.4. The van der Waals surface area contributed by atoms with Gasteiger partial charge in [-0.1, -0.05) is 30.3 Å². The van der Waals surface area contributed by atoms with Gasteiger partial charge in [0.15, 0.2) is 0 Å². The standard InChI is InChI=1S/C19H15N5O8/c1-31-19(26)17-20-16(18(25)32-11-13-7-3-5-9-15(13)24(29)30)21-22(17)10-12-6-2-4-8-14(12)23(27)28/h2-9H,10-11H2,1H3. The van der Waals surface area contributed by atoms with Crippen LogP contribution in [0.5, 0.6) is 0 Å². The largest absolute Gasteiger partial charge is 0.463 e. The molecule has 1 aromatic heterocycles. The Morgan fingerprint density at radius 3 is 2.09 bits per heavy atom. The maximum Gasteiger partial charge on any atom is 0.378 e. The molecule has 0 N–H and O–H groups in total. The van der Waals surface area contributed by atoms with Gasteiger partial charge in [0.1, 0.15) is 6.61 Å². The quantitative estimate of drug-likeness (QED) is 0.287. The van der Waals surface area contributed by atoms with Crippen LogP contribution in [0.2, 0.25) is 0 Å². The van der Waals surface area contributed by atoms with Gasteiger partial charge in [0.25, 0.3) is 17.2 Å². The molecule has 0 bridgehead atoms. The number of carbonyl (C=O) groups excluding carboxylic acids is 2. The number of aromatic nitrogens is 3. The molecule has 0 spiro atoms. The van der Waals surface area contributed by atoms with E-state index in [1.54, 1.807) is 12.1 Å². The van der Waals surface area contributed by atoms with Crippen molar-refractivity contribution in [3.8, 4) is 0 Å². The highest BCUT2D eigenvalue weighted by atomic mass is 16.6. The van der Waals surface area contributed by atoms with E-state index in [1.165, 1.54) is 36.4 Å². The molecule has 32 heavy (non-hydrogen) atoms. The second kappa shape index (κ2) is 9.42. The molecule has 0 aliphatic rings. The molecule has 13 nitrogen and oxygen atoms in total. The molecule has 3 rings (SSSR count). The minimum atomic E-state index is -1.05. The number of methoxy groups -OCH3 is 1. The Morgan fingerprint density at radius 2 is 1.50 bits per heavy atom. The number of para-hydroxylation sites is 2. The molecular weight excluding hydrogens is 426 g/mol. The molecule has 0 aliphatic heterocycles. The molecule has 0 radical (unpaired) electrons. The topological polar surface area (TPSA) is 170 Å². The lowest BCUT2D eigenvalue weighted by Crippen LogP contribution is -2.14. The summed E-state index contributed by atoms with van der Waals surface area (Å²) in [6, 6.07) is 11.5. The van der Waals surface area contributed by atoms with Crippen LogP contribution in [0.1, 0.15) is 32.4 Å².